The van der Waals surface area contributed by atoms with Crippen LogP contribution in [-0.2, 0) is 6.42 Å². The lowest BCUT2D eigenvalue weighted by Gasteiger charge is -2.35. The third-order valence-corrected chi connectivity index (χ3v) is 4.56. The van der Waals surface area contributed by atoms with Crippen LogP contribution in [0.1, 0.15) is 32.3 Å². The van der Waals surface area contributed by atoms with Crippen molar-refractivity contribution in [2.75, 3.05) is 31.6 Å². The number of ether oxygens (including phenoxy) is 1. The molecular weight excluding hydrogens is 248 g/mol. The Labute approximate surface area is 122 Å². The molecule has 0 aromatic heterocycles. The normalized spacial score (nSPS) is 24.4. The van der Waals surface area contributed by atoms with E-state index in [0.717, 1.165) is 36.9 Å². The predicted molar refractivity (Wildman–Crippen MR) is 83.6 cm³/mol. The molecule has 110 valence electrons. The highest BCUT2D eigenvalue weighted by atomic mass is 16.5. The smallest absolute Gasteiger partial charge is 0.142 e. The molecule has 0 spiro atoms. The number of hydrogen-bond donors (Lipinski definition) is 1. The molecule has 2 atom stereocenters. The van der Waals surface area contributed by atoms with Crippen molar-refractivity contribution in [1.29, 1.82) is 0 Å². The van der Waals surface area contributed by atoms with Gasteiger partial charge in [0, 0.05) is 19.1 Å². The summed E-state index contributed by atoms with van der Waals surface area (Å²) in [6.07, 6.45) is 3.87. The van der Waals surface area contributed by atoms with Crippen LogP contribution in [0.4, 0.5) is 5.69 Å². The Morgan fingerprint density at radius 3 is 3.20 bits per heavy atom. The van der Waals surface area contributed by atoms with Crippen LogP contribution in [0.5, 0.6) is 5.75 Å². The first-order valence-corrected chi connectivity index (χ1v) is 7.96. The zero-order chi connectivity index (χ0) is 13.9. The quantitative estimate of drug-likeness (QED) is 0.916. The molecule has 0 bridgehead atoms. The maximum Gasteiger partial charge on any atom is 0.142 e. The lowest BCUT2D eigenvalue weighted by molar-refractivity contribution is 0.138. The third-order valence-electron chi connectivity index (χ3n) is 4.56. The number of anilines is 1. The van der Waals surface area contributed by atoms with E-state index in [9.17, 15) is 0 Å². The van der Waals surface area contributed by atoms with Gasteiger partial charge in [-0.15, -0.1) is 0 Å². The van der Waals surface area contributed by atoms with E-state index in [1.165, 1.54) is 31.5 Å². The second kappa shape index (κ2) is 6.04. The Hall–Kier alpha value is -1.22. The maximum absolute atomic E-state index is 5.64. The summed E-state index contributed by atoms with van der Waals surface area (Å²) in [4.78, 5) is 2.65. The average molecular weight is 274 g/mol. The Balaban J connectivity index is 1.64. The lowest BCUT2D eigenvalue weighted by Crippen LogP contribution is -2.41. The van der Waals surface area contributed by atoms with Crippen molar-refractivity contribution in [3.05, 3.63) is 23.8 Å². The molecule has 3 rings (SSSR count). The van der Waals surface area contributed by atoms with Gasteiger partial charge in [-0.05, 0) is 56.3 Å². The van der Waals surface area contributed by atoms with Gasteiger partial charge in [0.15, 0.2) is 0 Å². The van der Waals surface area contributed by atoms with Gasteiger partial charge in [-0.3, -0.25) is 0 Å². The van der Waals surface area contributed by atoms with Crippen LogP contribution < -0.4 is 10.1 Å². The van der Waals surface area contributed by atoms with E-state index in [-0.39, 0.29) is 0 Å². The third kappa shape index (κ3) is 3.09. The number of nitrogens with one attached hydrogen (secondary N) is 1. The summed E-state index contributed by atoms with van der Waals surface area (Å²) in [6.45, 7) is 8.94. The van der Waals surface area contributed by atoms with Gasteiger partial charge in [-0.25, -0.2) is 0 Å². The largest absolute Gasteiger partial charge is 0.490 e. The minimum Gasteiger partial charge on any atom is -0.490 e. The van der Waals surface area contributed by atoms with Crippen LogP contribution in [0.3, 0.4) is 0 Å². The number of fused-ring (bicyclic) bond motifs is 1. The van der Waals surface area contributed by atoms with Crippen LogP contribution in [0.2, 0.25) is 0 Å². The van der Waals surface area contributed by atoms with Gasteiger partial charge < -0.3 is 15.0 Å². The summed E-state index contributed by atoms with van der Waals surface area (Å²) >= 11 is 0. The first kappa shape index (κ1) is 13.7. The predicted octanol–water partition coefficient (Wildman–Crippen LogP) is 3.15. The van der Waals surface area contributed by atoms with Crippen molar-refractivity contribution in [1.82, 2.24) is 4.90 Å². The first-order chi connectivity index (χ1) is 9.72. The van der Waals surface area contributed by atoms with E-state index in [1.807, 2.05) is 0 Å². The van der Waals surface area contributed by atoms with Crippen LogP contribution in [0.25, 0.3) is 0 Å². The molecule has 2 aliphatic heterocycles. The van der Waals surface area contributed by atoms with Gasteiger partial charge in [0.1, 0.15) is 12.4 Å². The fourth-order valence-electron chi connectivity index (χ4n) is 3.41. The molecule has 2 unspecified atom stereocenters. The molecule has 0 saturated carbocycles. The van der Waals surface area contributed by atoms with Crippen molar-refractivity contribution in [3.63, 3.8) is 0 Å². The highest BCUT2D eigenvalue weighted by Crippen LogP contribution is 2.29. The zero-order valence-corrected chi connectivity index (χ0v) is 12.7. The molecule has 3 heteroatoms. The fraction of sp³-hybridized carbons (Fsp3) is 0.647. The van der Waals surface area contributed by atoms with E-state index in [2.05, 4.69) is 42.3 Å². The van der Waals surface area contributed by atoms with Crippen molar-refractivity contribution < 1.29 is 4.74 Å². The number of benzene rings is 1. The number of hydrogen-bond acceptors (Lipinski definition) is 3. The van der Waals surface area contributed by atoms with Crippen LogP contribution in [-0.4, -0.2) is 37.2 Å². The summed E-state index contributed by atoms with van der Waals surface area (Å²) in [5.41, 5.74) is 2.57. The van der Waals surface area contributed by atoms with E-state index in [1.54, 1.807) is 0 Å². The van der Waals surface area contributed by atoms with Crippen LogP contribution in [0, 0.1) is 5.92 Å². The standard InChI is InChI=1S/C17H26N2O/c1-13-4-3-8-19(12-13)14(2)10-15-5-6-17-16(11-15)18-7-9-20-17/h5-6,11,13-14,18H,3-4,7-10,12H2,1-2H3. The lowest BCUT2D eigenvalue weighted by atomic mass is 9.97. The van der Waals surface area contributed by atoms with Crippen molar-refractivity contribution in [2.24, 2.45) is 5.92 Å². The number of rotatable bonds is 3. The molecule has 2 heterocycles. The molecule has 1 N–H and O–H groups in total. The molecule has 1 fully saturated rings. The van der Waals surface area contributed by atoms with E-state index < -0.39 is 0 Å². The van der Waals surface area contributed by atoms with Gasteiger partial charge in [-0.1, -0.05) is 13.0 Å². The molecule has 20 heavy (non-hydrogen) atoms. The molecule has 0 amide bonds. The highest BCUT2D eigenvalue weighted by Gasteiger charge is 2.21. The summed E-state index contributed by atoms with van der Waals surface area (Å²) in [7, 11) is 0. The SMILES string of the molecule is CC1CCCN(C(C)Cc2ccc3c(c2)NCCO3)C1. The van der Waals surface area contributed by atoms with Gasteiger partial charge in [0.25, 0.3) is 0 Å². The van der Waals surface area contributed by atoms with Gasteiger partial charge in [0.2, 0.25) is 0 Å². The monoisotopic (exact) mass is 274 g/mol. The minimum atomic E-state index is 0.625. The van der Waals surface area contributed by atoms with Crippen molar-refractivity contribution in [3.8, 4) is 5.75 Å². The van der Waals surface area contributed by atoms with E-state index >= 15 is 0 Å². The number of nitrogens with zero attached hydrogens (tertiary/aromatic N) is 1. The molecule has 1 saturated heterocycles. The van der Waals surface area contributed by atoms with Crippen molar-refractivity contribution >= 4 is 5.69 Å². The minimum absolute atomic E-state index is 0.625. The molecule has 0 radical (unpaired) electrons. The van der Waals surface area contributed by atoms with Gasteiger partial charge >= 0.3 is 0 Å². The van der Waals surface area contributed by atoms with Crippen LogP contribution in [0.15, 0.2) is 18.2 Å². The topological polar surface area (TPSA) is 24.5 Å². The molecule has 1 aromatic rings. The summed E-state index contributed by atoms with van der Waals surface area (Å²) in [5.74, 6) is 1.85. The molecule has 1 aromatic carbocycles. The Bertz CT molecular complexity index is 460. The summed E-state index contributed by atoms with van der Waals surface area (Å²) in [5, 5.41) is 3.42. The maximum atomic E-state index is 5.64. The average Bonchev–Trinajstić information content (AvgIpc) is 2.47. The van der Waals surface area contributed by atoms with E-state index in [4.69, 9.17) is 4.74 Å². The second-order valence-corrected chi connectivity index (χ2v) is 6.40. The number of piperidine rings is 1. The Kier molecular flexibility index (Phi) is 4.16. The second-order valence-electron chi connectivity index (χ2n) is 6.40. The highest BCUT2D eigenvalue weighted by molar-refractivity contribution is 5.59. The summed E-state index contributed by atoms with van der Waals surface area (Å²) in [6, 6.07) is 7.22. The summed E-state index contributed by atoms with van der Waals surface area (Å²) < 4.78 is 5.64. The molecule has 3 nitrogen and oxygen atoms in total. The molecular formula is C17H26N2O. The zero-order valence-electron chi connectivity index (χ0n) is 12.7. The Morgan fingerprint density at radius 2 is 2.35 bits per heavy atom. The fourth-order valence-corrected chi connectivity index (χ4v) is 3.41. The van der Waals surface area contributed by atoms with Crippen LogP contribution >= 0.6 is 0 Å². The van der Waals surface area contributed by atoms with Crippen molar-refractivity contribution in [2.45, 2.75) is 39.2 Å². The molecule has 0 aliphatic carbocycles. The van der Waals surface area contributed by atoms with Gasteiger partial charge in [0.05, 0.1) is 5.69 Å². The molecule has 2 aliphatic rings. The van der Waals surface area contributed by atoms with Gasteiger partial charge in [-0.2, -0.15) is 0 Å². The number of likely N-dealkylation sites (tertiary alicyclic amines) is 1. The first-order valence-electron chi connectivity index (χ1n) is 7.96. The van der Waals surface area contributed by atoms with E-state index in [0.29, 0.717) is 6.04 Å². The Morgan fingerprint density at radius 1 is 1.45 bits per heavy atom.